The number of benzene rings is 3. The van der Waals surface area contributed by atoms with Gasteiger partial charge in [-0.05, 0) is 35.7 Å². The molecule has 7 heteroatoms. The van der Waals surface area contributed by atoms with Gasteiger partial charge in [0.25, 0.3) is 0 Å². The van der Waals surface area contributed by atoms with Gasteiger partial charge in [0.1, 0.15) is 17.2 Å². The third-order valence-electron chi connectivity index (χ3n) is 4.07. The highest BCUT2D eigenvalue weighted by Gasteiger charge is 2.21. The summed E-state index contributed by atoms with van der Waals surface area (Å²) in [5.41, 5.74) is 0.684. The molecule has 0 aliphatic rings. The summed E-state index contributed by atoms with van der Waals surface area (Å²) in [7, 11) is 0. The van der Waals surface area contributed by atoms with E-state index in [1.807, 2.05) is 0 Å². The molecule has 0 atom stereocenters. The van der Waals surface area contributed by atoms with Gasteiger partial charge in [0.05, 0.1) is 5.02 Å². The van der Waals surface area contributed by atoms with Crippen LogP contribution < -0.4 is 10.6 Å². The van der Waals surface area contributed by atoms with Gasteiger partial charge in [0.2, 0.25) is 5.78 Å². The van der Waals surface area contributed by atoms with Gasteiger partial charge in [0.15, 0.2) is 0 Å². The van der Waals surface area contributed by atoms with Crippen LogP contribution >= 0.6 is 11.6 Å². The highest BCUT2D eigenvalue weighted by molar-refractivity contribution is 6.53. The number of ether oxygens (including phenoxy) is 1. The number of fused-ring (bicyclic) bond motifs is 1. The van der Waals surface area contributed by atoms with Crippen molar-refractivity contribution < 1.29 is 19.4 Å². The van der Waals surface area contributed by atoms with E-state index in [1.165, 1.54) is 18.2 Å². The van der Waals surface area contributed by atoms with Gasteiger partial charge in [-0.1, -0.05) is 42.4 Å². The van der Waals surface area contributed by atoms with Crippen molar-refractivity contribution in [3.8, 4) is 11.5 Å². The average Bonchev–Trinajstić information content (AvgIpc) is 2.71. The number of ketones is 1. The normalized spacial score (nSPS) is 11.2. The van der Waals surface area contributed by atoms with E-state index in [4.69, 9.17) is 22.2 Å². The molecule has 0 spiro atoms. The van der Waals surface area contributed by atoms with Gasteiger partial charge in [-0.15, -0.1) is 0 Å². The molecular weight excluding hydrogens is 380 g/mol. The lowest BCUT2D eigenvalue weighted by Gasteiger charge is -2.12. The first-order valence-electron chi connectivity index (χ1n) is 8.13. The smallest absolute Gasteiger partial charge is 0.335 e. The summed E-state index contributed by atoms with van der Waals surface area (Å²) in [4.78, 5) is 24.5. The fraction of sp³-hybridized carbons (Fsp3) is 0. The minimum Gasteiger partial charge on any atom is -0.506 e. The summed E-state index contributed by atoms with van der Waals surface area (Å²) in [5.74, 6) is 4.65. The number of nitrogens with two attached hydrogens (primary N) is 1. The standard InChI is InChI=1S/C21H15ClN2O4/c1-2-19(26)28-18-10-8-15(13-5-3-4-6-14(13)18)20(24-23)21(27)12-7-9-17(25)16(22)11-12/h2-11,25H,1,23H2/b24-20+. The van der Waals surface area contributed by atoms with Crippen LogP contribution in [0.2, 0.25) is 5.02 Å². The van der Waals surface area contributed by atoms with Gasteiger partial charge in [-0.25, -0.2) is 4.79 Å². The molecule has 0 heterocycles. The van der Waals surface area contributed by atoms with Crippen LogP contribution in [-0.2, 0) is 4.79 Å². The number of aromatic hydroxyl groups is 1. The van der Waals surface area contributed by atoms with Crippen molar-refractivity contribution >= 4 is 39.8 Å². The molecule has 3 aromatic carbocycles. The molecule has 3 rings (SSSR count). The van der Waals surface area contributed by atoms with Crippen LogP contribution in [0, 0.1) is 0 Å². The number of hydrazone groups is 1. The maximum atomic E-state index is 12.9. The quantitative estimate of drug-likeness (QED) is 0.130. The average molecular weight is 395 g/mol. The number of rotatable bonds is 5. The van der Waals surface area contributed by atoms with Gasteiger partial charge < -0.3 is 15.7 Å². The number of phenolic OH excluding ortho intramolecular Hbond substituents is 1. The molecule has 3 aromatic rings. The number of carbonyl (C=O) groups is 2. The second kappa shape index (κ2) is 7.94. The van der Waals surface area contributed by atoms with Crippen LogP contribution in [0.1, 0.15) is 15.9 Å². The summed E-state index contributed by atoms with van der Waals surface area (Å²) < 4.78 is 5.26. The van der Waals surface area contributed by atoms with Crippen molar-refractivity contribution in [3.63, 3.8) is 0 Å². The van der Waals surface area contributed by atoms with Crippen LogP contribution in [0.4, 0.5) is 0 Å². The zero-order chi connectivity index (χ0) is 20.3. The molecule has 28 heavy (non-hydrogen) atoms. The number of hydrogen-bond acceptors (Lipinski definition) is 6. The number of nitrogens with zero attached hydrogens (tertiary/aromatic N) is 1. The van der Waals surface area contributed by atoms with Gasteiger partial charge in [0, 0.05) is 22.6 Å². The highest BCUT2D eigenvalue weighted by Crippen LogP contribution is 2.30. The van der Waals surface area contributed by atoms with Crippen molar-refractivity contribution in [2.24, 2.45) is 10.9 Å². The Morgan fingerprint density at radius 2 is 1.82 bits per heavy atom. The summed E-state index contributed by atoms with van der Waals surface area (Å²) in [6.07, 6.45) is 1.06. The predicted octanol–water partition coefficient (Wildman–Crippen LogP) is 3.84. The van der Waals surface area contributed by atoms with E-state index < -0.39 is 11.8 Å². The Hall–Kier alpha value is -3.64. The maximum absolute atomic E-state index is 12.9. The second-order valence-corrected chi connectivity index (χ2v) is 6.16. The molecule has 0 radical (unpaired) electrons. The monoisotopic (exact) mass is 394 g/mol. The Morgan fingerprint density at radius 3 is 2.46 bits per heavy atom. The zero-order valence-electron chi connectivity index (χ0n) is 14.6. The van der Waals surface area contributed by atoms with Crippen molar-refractivity contribution in [3.05, 3.63) is 83.4 Å². The largest absolute Gasteiger partial charge is 0.506 e. The molecule has 0 bridgehead atoms. The second-order valence-electron chi connectivity index (χ2n) is 5.76. The van der Waals surface area contributed by atoms with Crippen LogP contribution in [0.25, 0.3) is 10.8 Å². The molecule has 0 fully saturated rings. The van der Waals surface area contributed by atoms with E-state index in [-0.39, 0.29) is 22.0 Å². The number of esters is 1. The van der Waals surface area contributed by atoms with E-state index in [9.17, 15) is 14.7 Å². The third-order valence-corrected chi connectivity index (χ3v) is 4.37. The van der Waals surface area contributed by atoms with Crippen LogP contribution in [0.15, 0.2) is 72.4 Å². The fourth-order valence-corrected chi connectivity index (χ4v) is 2.93. The fourth-order valence-electron chi connectivity index (χ4n) is 2.75. The molecule has 0 aliphatic heterocycles. The van der Waals surface area contributed by atoms with Gasteiger partial charge >= 0.3 is 5.97 Å². The van der Waals surface area contributed by atoms with E-state index in [2.05, 4.69) is 11.7 Å². The third kappa shape index (κ3) is 3.58. The van der Waals surface area contributed by atoms with E-state index in [1.54, 1.807) is 36.4 Å². The summed E-state index contributed by atoms with van der Waals surface area (Å²) in [6, 6.07) is 14.3. The minimum atomic E-state index is -0.597. The lowest BCUT2D eigenvalue weighted by Crippen LogP contribution is -2.18. The summed E-state index contributed by atoms with van der Waals surface area (Å²) in [5, 5.41) is 14.5. The molecule has 0 aliphatic carbocycles. The Bertz CT molecular complexity index is 1140. The topological polar surface area (TPSA) is 102 Å². The van der Waals surface area contributed by atoms with Crippen molar-refractivity contribution in [2.45, 2.75) is 0 Å². The number of carbonyl (C=O) groups excluding carboxylic acids is 2. The molecule has 0 saturated heterocycles. The molecule has 140 valence electrons. The first kappa shape index (κ1) is 19.1. The maximum Gasteiger partial charge on any atom is 0.335 e. The molecular formula is C21H15ClN2O4. The van der Waals surface area contributed by atoms with E-state index in [0.29, 0.717) is 22.1 Å². The van der Waals surface area contributed by atoms with Crippen molar-refractivity contribution in [2.75, 3.05) is 0 Å². The molecule has 0 amide bonds. The lowest BCUT2D eigenvalue weighted by molar-refractivity contribution is -0.128. The zero-order valence-corrected chi connectivity index (χ0v) is 15.3. The molecule has 3 N–H and O–H groups in total. The Kier molecular flexibility index (Phi) is 5.42. The van der Waals surface area contributed by atoms with Crippen LogP contribution in [-0.4, -0.2) is 22.6 Å². The Labute approximate surface area is 165 Å². The van der Waals surface area contributed by atoms with E-state index >= 15 is 0 Å². The Morgan fingerprint density at radius 1 is 1.11 bits per heavy atom. The summed E-state index contributed by atoms with van der Waals surface area (Å²) in [6.45, 7) is 3.38. The molecule has 0 unspecified atom stereocenters. The minimum absolute atomic E-state index is 0.000413. The van der Waals surface area contributed by atoms with E-state index in [0.717, 1.165) is 6.08 Å². The molecule has 6 nitrogen and oxygen atoms in total. The number of phenols is 1. The SMILES string of the molecule is C=CC(=O)Oc1ccc(/C(=N\N)C(=O)c2ccc(O)c(Cl)c2)c2ccccc12. The lowest BCUT2D eigenvalue weighted by atomic mass is 9.95. The Balaban J connectivity index is 2.12. The number of Topliss-reactive ketones (excluding diaryl/α,β-unsaturated/α-hetero) is 1. The highest BCUT2D eigenvalue weighted by atomic mass is 35.5. The van der Waals surface area contributed by atoms with Crippen molar-refractivity contribution in [1.82, 2.24) is 0 Å². The molecule has 0 saturated carbocycles. The molecule has 0 aromatic heterocycles. The van der Waals surface area contributed by atoms with Gasteiger partial charge in [-0.2, -0.15) is 5.10 Å². The predicted molar refractivity (Wildman–Crippen MR) is 108 cm³/mol. The summed E-state index contributed by atoms with van der Waals surface area (Å²) >= 11 is 5.90. The first-order valence-corrected chi connectivity index (χ1v) is 8.51. The first-order chi connectivity index (χ1) is 13.5. The number of hydrogen-bond donors (Lipinski definition) is 2. The van der Waals surface area contributed by atoms with Crippen LogP contribution in [0.3, 0.4) is 0 Å². The van der Waals surface area contributed by atoms with Crippen molar-refractivity contribution in [1.29, 1.82) is 0 Å². The van der Waals surface area contributed by atoms with Crippen LogP contribution in [0.5, 0.6) is 11.5 Å². The van der Waals surface area contributed by atoms with Gasteiger partial charge in [-0.3, -0.25) is 4.79 Å². The number of halogens is 1.